The fraction of sp³-hybridized carbons (Fsp3) is 0.656. The average Bonchev–Trinajstić information content (AvgIpc) is 2.45. The number of urea groups is 1. The van der Waals surface area contributed by atoms with Gasteiger partial charge in [0.1, 0.15) is 18.2 Å². The number of fused-ring (bicyclic) bond motifs is 6. The van der Waals surface area contributed by atoms with Gasteiger partial charge in [0.15, 0.2) is 0 Å². The predicted molar refractivity (Wildman–Crippen MR) is 324 cm³/mol. The lowest BCUT2D eigenvalue weighted by molar-refractivity contribution is 0.0187. The van der Waals surface area contributed by atoms with Crippen molar-refractivity contribution in [2.75, 3.05) is 161 Å². The lowest BCUT2D eigenvalue weighted by Crippen LogP contribution is -2.52. The van der Waals surface area contributed by atoms with E-state index in [1.807, 2.05) is 24.8 Å². The van der Waals surface area contributed by atoms with Crippen molar-refractivity contribution >= 4 is 53.0 Å². The first-order valence-corrected chi connectivity index (χ1v) is 31.7. The van der Waals surface area contributed by atoms with E-state index in [4.69, 9.17) is 35.3 Å². The molecule has 9 heterocycles. The number of halogens is 3. The maximum Gasteiger partial charge on any atom is 0.414 e. The molecular formula is C64H90ClF2N9O9. The van der Waals surface area contributed by atoms with Gasteiger partial charge in [0.25, 0.3) is 0 Å². The van der Waals surface area contributed by atoms with Crippen molar-refractivity contribution < 1.29 is 51.6 Å². The van der Waals surface area contributed by atoms with Gasteiger partial charge >= 0.3 is 24.3 Å². The van der Waals surface area contributed by atoms with E-state index in [2.05, 4.69) is 32.1 Å². The van der Waals surface area contributed by atoms with Crippen LogP contribution in [-0.4, -0.2) is 218 Å². The van der Waals surface area contributed by atoms with E-state index in [0.717, 1.165) is 144 Å². The summed E-state index contributed by atoms with van der Waals surface area (Å²) in [5.41, 5.74) is 6.06. The van der Waals surface area contributed by atoms with Crippen LogP contribution < -0.4 is 15.1 Å². The molecule has 0 atom stereocenters. The standard InChI is InChI=1S/C24H34FN3O5.C23H33FN4O3.C17H23ClN2O/c1-3-32-22(29)27-10-6-19(7-11-27)26-12-8-24(9-13-26)17-28(23(30)33-15-14-31-2)21-5-4-18(25)16-20(21)24;1-4-31-22(30)27-11-7-18(8-12-27)26-13-9-23(10-14-26)16-28(21(29)25(2)3)20-6-5-17(24)15-19(20)23;18-13-1-2-16-15(11-13)17(12-19-16)5-7-20(8-6-17)14-3-9-21-10-4-14/h4-5,16,19H,3,6-15,17H2,1-2H3;5-6,15,18H,4,7-14,16H2,1-3H3;1-2,11,14,19H,3-10,12H2. The van der Waals surface area contributed by atoms with Crippen LogP contribution in [0.2, 0.25) is 5.02 Å². The maximum atomic E-state index is 14.2. The van der Waals surface area contributed by atoms with Crippen LogP contribution in [0.4, 0.5) is 45.0 Å². The topological polar surface area (TPSA) is 152 Å². The summed E-state index contributed by atoms with van der Waals surface area (Å²) in [4.78, 5) is 65.8. The Balaban J connectivity index is 0.000000145. The molecule has 3 aromatic rings. The first kappa shape index (κ1) is 62.5. The number of anilines is 3. The molecule has 6 saturated heterocycles. The molecule has 18 nitrogen and oxygen atoms in total. The number of benzene rings is 3. The van der Waals surface area contributed by atoms with Crippen LogP contribution >= 0.6 is 11.6 Å². The van der Waals surface area contributed by atoms with E-state index >= 15 is 0 Å². The Morgan fingerprint density at radius 1 is 0.576 bits per heavy atom. The van der Waals surface area contributed by atoms with Gasteiger partial charge in [-0.15, -0.1) is 0 Å². The zero-order chi connectivity index (χ0) is 59.9. The zero-order valence-corrected chi connectivity index (χ0v) is 51.5. The number of hydrogen-bond acceptors (Lipinski definition) is 13. The molecule has 0 bridgehead atoms. The Labute approximate surface area is 506 Å². The van der Waals surface area contributed by atoms with Gasteiger partial charge < -0.3 is 58.4 Å². The second-order valence-electron chi connectivity index (χ2n) is 24.9. The van der Waals surface area contributed by atoms with Crippen molar-refractivity contribution in [3.05, 3.63) is 87.9 Å². The number of ether oxygens (including phenoxy) is 5. The zero-order valence-electron chi connectivity index (χ0n) is 50.7. The SMILES string of the molecule is CCOC(=O)N1CCC(N2CCC3(CC2)CN(C(=O)N(C)C)c2ccc(F)cc23)CC1.CCOC(=O)N1CCC(N2CCC3(CC2)CN(C(=O)OCCOC)c2ccc(F)cc23)CC1.Clc1ccc2c(c1)C1(CCN(C3CCOCC3)CC1)CN2. The summed E-state index contributed by atoms with van der Waals surface area (Å²) in [5, 5.41) is 4.45. The van der Waals surface area contributed by atoms with Crippen LogP contribution in [0.1, 0.15) is 108 Å². The third-order valence-electron chi connectivity index (χ3n) is 20.1. The molecule has 5 amide bonds. The van der Waals surface area contributed by atoms with Crippen molar-refractivity contribution in [2.45, 2.75) is 125 Å². The highest BCUT2D eigenvalue weighted by atomic mass is 35.5. The first-order valence-electron chi connectivity index (χ1n) is 31.3. The first-order chi connectivity index (χ1) is 41.1. The molecule has 21 heteroatoms. The molecule has 0 saturated carbocycles. The third kappa shape index (κ3) is 13.8. The molecule has 9 aliphatic rings. The average molecular weight is 1200 g/mol. The summed E-state index contributed by atoms with van der Waals surface area (Å²) in [5.74, 6) is -0.525. The Morgan fingerprint density at radius 2 is 1.04 bits per heavy atom. The summed E-state index contributed by atoms with van der Waals surface area (Å²) < 4.78 is 54.4. The molecule has 0 radical (unpaired) electrons. The van der Waals surface area contributed by atoms with Crippen molar-refractivity contribution in [2.24, 2.45) is 0 Å². The van der Waals surface area contributed by atoms with E-state index in [-0.39, 0.29) is 47.3 Å². The lowest BCUT2D eigenvalue weighted by atomic mass is 9.74. The number of methoxy groups -OCH3 is 1. The molecule has 3 spiro atoms. The Morgan fingerprint density at radius 3 is 1.51 bits per heavy atom. The summed E-state index contributed by atoms with van der Waals surface area (Å²) in [6.45, 7) is 17.9. The molecule has 0 unspecified atom stereocenters. The number of carbonyl (C=O) groups is 4. The third-order valence-corrected chi connectivity index (χ3v) is 20.3. The normalized spacial score (nSPS) is 22.2. The minimum absolute atomic E-state index is 0.0569. The van der Waals surface area contributed by atoms with Gasteiger partial charge in [-0.3, -0.25) is 9.80 Å². The number of hydrogen-bond donors (Lipinski definition) is 1. The molecule has 9 aliphatic heterocycles. The number of piperidine rings is 5. The van der Waals surface area contributed by atoms with Gasteiger partial charge in [-0.2, -0.15) is 0 Å². The summed E-state index contributed by atoms with van der Waals surface area (Å²) in [6, 6.07) is 17.4. The van der Waals surface area contributed by atoms with Crippen molar-refractivity contribution in [1.29, 1.82) is 0 Å². The van der Waals surface area contributed by atoms with Gasteiger partial charge in [0.2, 0.25) is 0 Å². The lowest BCUT2D eigenvalue weighted by Gasteiger charge is -2.45. The molecular weight excluding hydrogens is 1110 g/mol. The highest BCUT2D eigenvalue weighted by molar-refractivity contribution is 6.30. The van der Waals surface area contributed by atoms with Crippen LogP contribution in [0.3, 0.4) is 0 Å². The van der Waals surface area contributed by atoms with Gasteiger partial charge in [-0.1, -0.05) is 11.6 Å². The minimum atomic E-state index is -0.412. The molecule has 0 aromatic heterocycles. The highest BCUT2D eigenvalue weighted by Gasteiger charge is 2.50. The minimum Gasteiger partial charge on any atom is -0.450 e. The van der Waals surface area contributed by atoms with Gasteiger partial charge in [0.05, 0.1) is 25.5 Å². The van der Waals surface area contributed by atoms with E-state index in [9.17, 15) is 28.0 Å². The smallest absolute Gasteiger partial charge is 0.414 e. The van der Waals surface area contributed by atoms with Gasteiger partial charge in [-0.05, 0) is 201 Å². The largest absolute Gasteiger partial charge is 0.450 e. The van der Waals surface area contributed by atoms with Gasteiger partial charge in [-0.25, -0.2) is 28.0 Å². The van der Waals surface area contributed by atoms with Crippen LogP contribution in [0, 0.1) is 11.6 Å². The monoisotopic (exact) mass is 1200 g/mol. The molecule has 1 N–H and O–H groups in total. The van der Waals surface area contributed by atoms with E-state index in [1.165, 1.54) is 62.2 Å². The molecule has 6 fully saturated rings. The van der Waals surface area contributed by atoms with E-state index in [0.29, 0.717) is 63.5 Å². The van der Waals surface area contributed by atoms with Crippen molar-refractivity contribution in [3.63, 3.8) is 0 Å². The summed E-state index contributed by atoms with van der Waals surface area (Å²) >= 11 is 6.22. The fourth-order valence-electron chi connectivity index (χ4n) is 15.2. The summed E-state index contributed by atoms with van der Waals surface area (Å²) in [6.07, 6.45) is 11.3. The molecule has 0 aliphatic carbocycles. The van der Waals surface area contributed by atoms with E-state index in [1.54, 1.807) is 65.1 Å². The number of amides is 5. The van der Waals surface area contributed by atoms with Crippen LogP contribution in [0.25, 0.3) is 0 Å². The second-order valence-corrected chi connectivity index (χ2v) is 25.4. The number of rotatable bonds is 8. The van der Waals surface area contributed by atoms with Crippen LogP contribution in [-0.2, 0) is 39.9 Å². The van der Waals surface area contributed by atoms with Crippen LogP contribution in [0.15, 0.2) is 54.6 Å². The second kappa shape index (κ2) is 27.7. The Bertz CT molecular complexity index is 2790. The number of carbonyl (C=O) groups excluding carboxylic acids is 4. The van der Waals surface area contributed by atoms with Gasteiger partial charge in [0, 0.05) is 131 Å². The quantitative estimate of drug-likeness (QED) is 0.168. The maximum absolute atomic E-state index is 14.2. The number of likely N-dealkylation sites (tertiary alicyclic amines) is 5. The van der Waals surface area contributed by atoms with Crippen molar-refractivity contribution in [3.8, 4) is 0 Å². The number of nitrogens with zero attached hydrogens (tertiary/aromatic N) is 8. The Kier molecular flexibility index (Phi) is 20.4. The van der Waals surface area contributed by atoms with Crippen molar-refractivity contribution in [1.82, 2.24) is 29.4 Å². The predicted octanol–water partition coefficient (Wildman–Crippen LogP) is 9.94. The molecule has 85 heavy (non-hydrogen) atoms. The van der Waals surface area contributed by atoms with Crippen LogP contribution in [0.5, 0.6) is 0 Å². The van der Waals surface area contributed by atoms with E-state index < -0.39 is 6.09 Å². The Hall–Kier alpha value is -5.51. The summed E-state index contributed by atoms with van der Waals surface area (Å²) in [7, 11) is 5.06. The number of nitrogens with one attached hydrogen (secondary N) is 1. The highest BCUT2D eigenvalue weighted by Crippen LogP contribution is 2.50. The molecule has 466 valence electrons. The fourth-order valence-corrected chi connectivity index (χ4v) is 15.3. The molecule has 12 rings (SSSR count). The molecule has 3 aromatic carbocycles.